The van der Waals surface area contributed by atoms with Gasteiger partial charge in [0.05, 0.1) is 11.1 Å². The number of hydrogen-bond donors (Lipinski definition) is 1. The van der Waals surface area contributed by atoms with Crippen LogP contribution in [0, 0.1) is 0 Å². The number of carboxylic acid groups (broad SMARTS) is 1. The van der Waals surface area contributed by atoms with Crippen LogP contribution in [0.5, 0.6) is 0 Å². The molecule has 0 radical (unpaired) electrons. The molecule has 0 aliphatic carbocycles. The van der Waals surface area contributed by atoms with E-state index in [0.717, 1.165) is 5.56 Å². The van der Waals surface area contributed by atoms with Crippen molar-refractivity contribution in [2.24, 2.45) is 0 Å². The standard InChI is InChI=1S/C26H19NO3/c28-25(27(20-13-6-2-7-14-20)21-15-8-3-9-16-21)24-22(19-11-4-1-5-12-19)17-10-18-23(24)26(29)30/h1-18H,(H,29,30). The highest BCUT2D eigenvalue weighted by atomic mass is 16.4. The van der Waals surface area contributed by atoms with Crippen LogP contribution in [0.2, 0.25) is 0 Å². The average molecular weight is 393 g/mol. The number of amides is 1. The molecule has 0 aromatic heterocycles. The van der Waals surface area contributed by atoms with Crippen molar-refractivity contribution < 1.29 is 14.7 Å². The average Bonchev–Trinajstić information content (AvgIpc) is 2.80. The Bertz CT molecular complexity index is 1130. The Morgan fingerprint density at radius 2 is 1.10 bits per heavy atom. The van der Waals surface area contributed by atoms with Gasteiger partial charge >= 0.3 is 5.97 Å². The van der Waals surface area contributed by atoms with Crippen molar-refractivity contribution in [3.63, 3.8) is 0 Å². The lowest BCUT2D eigenvalue weighted by Crippen LogP contribution is -2.28. The second-order valence-electron chi connectivity index (χ2n) is 6.71. The normalized spacial score (nSPS) is 10.4. The number of rotatable bonds is 5. The van der Waals surface area contributed by atoms with E-state index >= 15 is 0 Å². The first-order chi connectivity index (χ1) is 14.7. The molecule has 0 bridgehead atoms. The van der Waals surface area contributed by atoms with E-state index in [9.17, 15) is 14.7 Å². The minimum atomic E-state index is -1.14. The minimum Gasteiger partial charge on any atom is -0.478 e. The van der Waals surface area contributed by atoms with Gasteiger partial charge in [-0.05, 0) is 41.5 Å². The lowest BCUT2D eigenvalue weighted by atomic mass is 9.94. The second-order valence-corrected chi connectivity index (χ2v) is 6.71. The predicted molar refractivity (Wildman–Crippen MR) is 118 cm³/mol. The number of hydrogen-bond acceptors (Lipinski definition) is 2. The molecule has 0 spiro atoms. The Balaban J connectivity index is 1.96. The first kappa shape index (κ1) is 19.2. The molecule has 0 aliphatic rings. The monoisotopic (exact) mass is 393 g/mol. The smallest absolute Gasteiger partial charge is 0.336 e. The van der Waals surface area contributed by atoms with E-state index in [1.165, 1.54) is 6.07 Å². The highest BCUT2D eigenvalue weighted by Crippen LogP contribution is 2.33. The van der Waals surface area contributed by atoms with Gasteiger partial charge in [-0.1, -0.05) is 78.9 Å². The molecule has 146 valence electrons. The third-order valence-electron chi connectivity index (χ3n) is 4.83. The molecule has 0 atom stereocenters. The molecule has 1 N–H and O–H groups in total. The van der Waals surface area contributed by atoms with Gasteiger partial charge in [0.25, 0.3) is 5.91 Å². The van der Waals surface area contributed by atoms with Gasteiger partial charge in [-0.15, -0.1) is 0 Å². The van der Waals surface area contributed by atoms with Crippen molar-refractivity contribution in [3.05, 3.63) is 120 Å². The van der Waals surface area contributed by atoms with Gasteiger partial charge < -0.3 is 5.11 Å². The summed E-state index contributed by atoms with van der Waals surface area (Å²) in [5, 5.41) is 9.84. The molecule has 4 aromatic rings. The first-order valence-electron chi connectivity index (χ1n) is 9.53. The summed E-state index contributed by atoms with van der Waals surface area (Å²) in [6.45, 7) is 0. The van der Waals surface area contributed by atoms with Crippen LogP contribution in [0.4, 0.5) is 11.4 Å². The summed E-state index contributed by atoms with van der Waals surface area (Å²) < 4.78 is 0. The summed E-state index contributed by atoms with van der Waals surface area (Å²) >= 11 is 0. The summed E-state index contributed by atoms with van der Waals surface area (Å²) in [5.41, 5.74) is 2.81. The zero-order chi connectivity index (χ0) is 20.9. The van der Waals surface area contributed by atoms with Crippen LogP contribution in [0.3, 0.4) is 0 Å². The van der Waals surface area contributed by atoms with E-state index in [2.05, 4.69) is 0 Å². The van der Waals surface area contributed by atoms with Crippen molar-refractivity contribution in [2.45, 2.75) is 0 Å². The Morgan fingerprint density at radius 3 is 1.60 bits per heavy atom. The summed E-state index contributed by atoms with van der Waals surface area (Å²) in [7, 11) is 0. The molecular weight excluding hydrogens is 374 g/mol. The van der Waals surface area contributed by atoms with Crippen molar-refractivity contribution >= 4 is 23.3 Å². The lowest BCUT2D eigenvalue weighted by Gasteiger charge is -2.25. The topological polar surface area (TPSA) is 57.6 Å². The Morgan fingerprint density at radius 1 is 0.600 bits per heavy atom. The van der Waals surface area contributed by atoms with Crippen LogP contribution < -0.4 is 4.90 Å². The summed E-state index contributed by atoms with van der Waals surface area (Å²) in [6.07, 6.45) is 0. The van der Waals surface area contributed by atoms with Crippen LogP contribution in [0.25, 0.3) is 11.1 Å². The molecule has 4 heteroatoms. The number of aromatic carboxylic acids is 1. The molecule has 4 nitrogen and oxygen atoms in total. The zero-order valence-corrected chi connectivity index (χ0v) is 16.1. The maximum Gasteiger partial charge on any atom is 0.336 e. The van der Waals surface area contributed by atoms with E-state index in [4.69, 9.17) is 0 Å². The third-order valence-corrected chi connectivity index (χ3v) is 4.83. The molecule has 0 aliphatic heterocycles. The number of para-hydroxylation sites is 2. The number of nitrogens with zero attached hydrogens (tertiary/aromatic N) is 1. The van der Waals surface area contributed by atoms with Gasteiger partial charge in [0.15, 0.2) is 0 Å². The Labute approximate surface area is 174 Å². The maximum atomic E-state index is 13.9. The third kappa shape index (κ3) is 3.71. The highest BCUT2D eigenvalue weighted by molar-refractivity contribution is 6.18. The van der Waals surface area contributed by atoms with Crippen LogP contribution >= 0.6 is 0 Å². The van der Waals surface area contributed by atoms with Gasteiger partial charge in [-0.25, -0.2) is 4.79 Å². The molecular formula is C26H19NO3. The first-order valence-corrected chi connectivity index (χ1v) is 9.53. The zero-order valence-electron chi connectivity index (χ0n) is 16.1. The fourth-order valence-electron chi connectivity index (χ4n) is 3.47. The summed E-state index contributed by atoms with van der Waals surface area (Å²) in [4.78, 5) is 27.5. The number of carbonyl (C=O) groups is 2. The summed E-state index contributed by atoms with van der Waals surface area (Å²) in [6, 6.07) is 32.7. The fraction of sp³-hybridized carbons (Fsp3) is 0. The van der Waals surface area contributed by atoms with Crippen LogP contribution in [0.1, 0.15) is 20.7 Å². The molecule has 0 saturated heterocycles. The molecule has 0 saturated carbocycles. The van der Waals surface area contributed by atoms with Crippen LogP contribution in [-0.4, -0.2) is 17.0 Å². The van der Waals surface area contributed by atoms with Crippen molar-refractivity contribution in [1.82, 2.24) is 0 Å². The van der Waals surface area contributed by atoms with Gasteiger partial charge in [0.1, 0.15) is 0 Å². The maximum absolute atomic E-state index is 13.9. The van der Waals surface area contributed by atoms with Gasteiger partial charge in [0.2, 0.25) is 0 Å². The summed E-state index contributed by atoms with van der Waals surface area (Å²) in [5.74, 6) is -1.54. The van der Waals surface area contributed by atoms with Gasteiger partial charge in [-0.2, -0.15) is 0 Å². The van der Waals surface area contributed by atoms with Crippen molar-refractivity contribution in [1.29, 1.82) is 0 Å². The van der Waals surface area contributed by atoms with Crippen molar-refractivity contribution in [3.8, 4) is 11.1 Å². The number of benzene rings is 4. The van der Waals surface area contributed by atoms with E-state index < -0.39 is 11.9 Å². The lowest BCUT2D eigenvalue weighted by molar-refractivity contribution is 0.0692. The molecule has 30 heavy (non-hydrogen) atoms. The molecule has 0 unspecified atom stereocenters. The quantitative estimate of drug-likeness (QED) is 0.450. The second kappa shape index (κ2) is 8.45. The van der Waals surface area contributed by atoms with Crippen LogP contribution in [0.15, 0.2) is 109 Å². The number of anilines is 2. The van der Waals surface area contributed by atoms with E-state index in [1.54, 1.807) is 17.0 Å². The molecule has 0 fully saturated rings. The minimum absolute atomic E-state index is 0.0294. The highest BCUT2D eigenvalue weighted by Gasteiger charge is 2.27. The van der Waals surface area contributed by atoms with E-state index in [0.29, 0.717) is 16.9 Å². The van der Waals surface area contributed by atoms with Crippen LogP contribution in [-0.2, 0) is 0 Å². The van der Waals surface area contributed by atoms with Gasteiger partial charge in [0, 0.05) is 11.4 Å². The molecule has 4 rings (SSSR count). The SMILES string of the molecule is O=C(O)c1cccc(-c2ccccc2)c1C(=O)N(c1ccccc1)c1ccccc1. The van der Waals surface area contributed by atoms with Crippen molar-refractivity contribution in [2.75, 3.05) is 4.90 Å². The predicted octanol–water partition coefficient (Wildman–Crippen LogP) is 6.03. The molecule has 0 heterocycles. The Hall–Kier alpha value is -4.18. The molecule has 4 aromatic carbocycles. The van der Waals surface area contributed by atoms with Gasteiger partial charge in [-0.3, -0.25) is 9.69 Å². The Kier molecular flexibility index (Phi) is 5.39. The van der Waals surface area contributed by atoms with E-state index in [-0.39, 0.29) is 11.1 Å². The largest absolute Gasteiger partial charge is 0.478 e. The number of carboxylic acids is 1. The fourth-order valence-corrected chi connectivity index (χ4v) is 3.47. The number of carbonyl (C=O) groups excluding carboxylic acids is 1. The van der Waals surface area contributed by atoms with E-state index in [1.807, 2.05) is 91.0 Å². The molecule has 1 amide bonds.